The van der Waals surface area contributed by atoms with Crippen molar-refractivity contribution in [1.29, 1.82) is 0 Å². The summed E-state index contributed by atoms with van der Waals surface area (Å²) >= 11 is 0. The minimum absolute atomic E-state index is 0.382. The lowest BCUT2D eigenvalue weighted by Gasteiger charge is -2.21. The van der Waals surface area contributed by atoms with Gasteiger partial charge < -0.3 is 4.74 Å². The fraction of sp³-hybridized carbons (Fsp3) is 0.100. The number of benzene rings is 1. The molecule has 1 saturated heterocycles. The first-order valence-corrected chi connectivity index (χ1v) is 4.54. The predicted octanol–water partition coefficient (Wildman–Crippen LogP) is -0.200. The maximum Gasteiger partial charge on any atom is 0.328 e. The van der Waals surface area contributed by atoms with E-state index in [4.69, 9.17) is 4.74 Å². The van der Waals surface area contributed by atoms with Gasteiger partial charge in [-0.2, -0.15) is 0 Å². The number of carbonyl (C=O) groups is 3. The summed E-state index contributed by atoms with van der Waals surface area (Å²) in [5, 5.41) is 3.89. The van der Waals surface area contributed by atoms with Crippen LogP contribution < -0.4 is 15.4 Å². The first-order valence-electron chi connectivity index (χ1n) is 4.54. The Morgan fingerprint density at radius 2 is 1.50 bits per heavy atom. The zero-order valence-corrected chi connectivity index (χ0v) is 8.10. The molecule has 1 aliphatic heterocycles. The van der Waals surface area contributed by atoms with Crippen LogP contribution in [0.1, 0.15) is 0 Å². The molecular formula is C10H8N2O4. The number of para-hydroxylation sites is 1. The number of barbiturate groups is 1. The van der Waals surface area contributed by atoms with Gasteiger partial charge in [-0.1, -0.05) is 18.2 Å². The monoisotopic (exact) mass is 220 g/mol. The van der Waals surface area contributed by atoms with Crippen LogP contribution in [0.4, 0.5) is 4.79 Å². The molecule has 0 aliphatic carbocycles. The summed E-state index contributed by atoms with van der Waals surface area (Å²) in [5.41, 5.74) is 0. The van der Waals surface area contributed by atoms with Crippen LogP contribution in [-0.2, 0) is 9.59 Å². The van der Waals surface area contributed by atoms with E-state index >= 15 is 0 Å². The quantitative estimate of drug-likeness (QED) is 0.676. The standard InChI is InChI=1S/C10H8N2O4/c13-8-7(9(14)12-10(15)11-8)16-6-4-2-1-3-5-6/h1-5,7H,(H2,11,12,13,14,15). The molecule has 6 nitrogen and oxygen atoms in total. The molecule has 0 radical (unpaired) electrons. The van der Waals surface area contributed by atoms with Crippen LogP contribution >= 0.6 is 0 Å². The van der Waals surface area contributed by atoms with Crippen molar-refractivity contribution in [2.45, 2.75) is 6.10 Å². The van der Waals surface area contributed by atoms with Crippen LogP contribution in [0.25, 0.3) is 0 Å². The summed E-state index contributed by atoms with van der Waals surface area (Å²) in [6, 6.07) is 7.58. The Hall–Kier alpha value is -2.37. The first kappa shape index (κ1) is 10.2. The van der Waals surface area contributed by atoms with Crippen LogP contribution in [0.3, 0.4) is 0 Å². The van der Waals surface area contributed by atoms with Crippen molar-refractivity contribution in [1.82, 2.24) is 10.6 Å². The van der Waals surface area contributed by atoms with Crippen LogP contribution in [0, 0.1) is 0 Å². The number of ether oxygens (including phenoxy) is 1. The van der Waals surface area contributed by atoms with E-state index in [2.05, 4.69) is 0 Å². The number of carbonyl (C=O) groups excluding carboxylic acids is 3. The molecule has 6 heteroatoms. The molecule has 1 aromatic carbocycles. The van der Waals surface area contributed by atoms with Gasteiger partial charge in [0, 0.05) is 0 Å². The highest BCUT2D eigenvalue weighted by Crippen LogP contribution is 2.11. The fourth-order valence-corrected chi connectivity index (χ4v) is 1.25. The fourth-order valence-electron chi connectivity index (χ4n) is 1.25. The van der Waals surface area contributed by atoms with Crippen molar-refractivity contribution in [3.63, 3.8) is 0 Å². The van der Waals surface area contributed by atoms with Crippen molar-refractivity contribution in [3.05, 3.63) is 30.3 Å². The molecule has 2 rings (SSSR count). The van der Waals surface area contributed by atoms with E-state index in [1.54, 1.807) is 30.3 Å². The van der Waals surface area contributed by atoms with E-state index in [-0.39, 0.29) is 0 Å². The Morgan fingerprint density at radius 1 is 0.938 bits per heavy atom. The van der Waals surface area contributed by atoms with E-state index in [9.17, 15) is 14.4 Å². The molecule has 82 valence electrons. The van der Waals surface area contributed by atoms with E-state index in [1.807, 2.05) is 10.6 Å². The van der Waals surface area contributed by atoms with Gasteiger partial charge in [0.25, 0.3) is 17.9 Å². The lowest BCUT2D eigenvalue weighted by molar-refractivity contribution is -0.139. The lowest BCUT2D eigenvalue weighted by Crippen LogP contribution is -2.60. The van der Waals surface area contributed by atoms with Gasteiger partial charge in [0.1, 0.15) is 5.75 Å². The zero-order valence-electron chi connectivity index (χ0n) is 8.10. The van der Waals surface area contributed by atoms with Crippen LogP contribution in [0.15, 0.2) is 30.3 Å². The van der Waals surface area contributed by atoms with Crippen molar-refractivity contribution in [2.75, 3.05) is 0 Å². The zero-order chi connectivity index (χ0) is 11.5. The van der Waals surface area contributed by atoms with Crippen molar-refractivity contribution < 1.29 is 19.1 Å². The smallest absolute Gasteiger partial charge is 0.328 e. The molecule has 0 atom stereocenters. The van der Waals surface area contributed by atoms with Crippen molar-refractivity contribution >= 4 is 17.8 Å². The van der Waals surface area contributed by atoms with Gasteiger partial charge in [0.2, 0.25) is 0 Å². The number of amides is 4. The second-order valence-corrected chi connectivity index (χ2v) is 3.12. The lowest BCUT2D eigenvalue weighted by atomic mass is 10.2. The Morgan fingerprint density at radius 3 is 2.06 bits per heavy atom. The molecule has 16 heavy (non-hydrogen) atoms. The molecule has 0 aromatic heterocycles. The van der Waals surface area contributed by atoms with Crippen molar-refractivity contribution in [2.24, 2.45) is 0 Å². The van der Waals surface area contributed by atoms with Gasteiger partial charge in [-0.05, 0) is 12.1 Å². The predicted molar refractivity (Wildman–Crippen MR) is 52.5 cm³/mol. The van der Waals surface area contributed by atoms with Crippen molar-refractivity contribution in [3.8, 4) is 5.75 Å². The van der Waals surface area contributed by atoms with Gasteiger partial charge in [-0.15, -0.1) is 0 Å². The van der Waals surface area contributed by atoms with Crippen LogP contribution in [-0.4, -0.2) is 23.9 Å². The molecular weight excluding hydrogens is 212 g/mol. The van der Waals surface area contributed by atoms with Gasteiger partial charge >= 0.3 is 6.03 Å². The Bertz CT molecular complexity index is 423. The van der Waals surface area contributed by atoms with Crippen LogP contribution in [0.5, 0.6) is 5.75 Å². The van der Waals surface area contributed by atoms with Gasteiger partial charge in [-0.3, -0.25) is 20.2 Å². The largest absolute Gasteiger partial charge is 0.471 e. The number of hydrogen-bond donors (Lipinski definition) is 2. The Kier molecular flexibility index (Phi) is 2.55. The Labute approximate surface area is 90.6 Å². The molecule has 1 heterocycles. The minimum Gasteiger partial charge on any atom is -0.471 e. The summed E-state index contributed by atoms with van der Waals surface area (Å²) in [4.78, 5) is 33.4. The number of rotatable bonds is 2. The summed E-state index contributed by atoms with van der Waals surface area (Å²) < 4.78 is 5.15. The Balaban J connectivity index is 2.13. The molecule has 0 spiro atoms. The third-order valence-electron chi connectivity index (χ3n) is 1.95. The maximum absolute atomic E-state index is 11.3. The second kappa shape index (κ2) is 4.01. The number of imide groups is 2. The normalized spacial score (nSPS) is 16.6. The van der Waals surface area contributed by atoms with E-state index in [1.165, 1.54) is 0 Å². The highest BCUT2D eigenvalue weighted by Gasteiger charge is 2.35. The summed E-state index contributed by atoms with van der Waals surface area (Å²) in [5.74, 6) is -1.15. The van der Waals surface area contributed by atoms with E-state index in [0.717, 1.165) is 0 Å². The number of hydrogen-bond acceptors (Lipinski definition) is 4. The highest BCUT2D eigenvalue weighted by atomic mass is 16.5. The molecule has 0 saturated carbocycles. The average Bonchev–Trinajstić information content (AvgIpc) is 2.25. The molecule has 4 amide bonds. The van der Waals surface area contributed by atoms with Gasteiger partial charge in [0.15, 0.2) is 0 Å². The SMILES string of the molecule is O=C1NC(=O)C(Oc2ccccc2)C(=O)N1. The third kappa shape index (κ3) is 2.00. The maximum atomic E-state index is 11.3. The first-order chi connectivity index (χ1) is 7.66. The molecule has 1 aliphatic rings. The summed E-state index contributed by atoms with van der Waals surface area (Å²) in [7, 11) is 0. The number of urea groups is 1. The van der Waals surface area contributed by atoms with Crippen LogP contribution in [0.2, 0.25) is 0 Å². The van der Waals surface area contributed by atoms with Gasteiger partial charge in [-0.25, -0.2) is 4.79 Å². The average molecular weight is 220 g/mol. The van der Waals surface area contributed by atoms with E-state index < -0.39 is 23.9 Å². The highest BCUT2D eigenvalue weighted by molar-refractivity contribution is 6.18. The third-order valence-corrected chi connectivity index (χ3v) is 1.95. The molecule has 1 aromatic rings. The summed E-state index contributed by atoms with van der Waals surface area (Å²) in [6.45, 7) is 0. The molecule has 1 fully saturated rings. The number of nitrogens with one attached hydrogen (secondary N) is 2. The minimum atomic E-state index is -1.33. The topological polar surface area (TPSA) is 84.5 Å². The summed E-state index contributed by atoms with van der Waals surface area (Å²) in [6.07, 6.45) is -1.33. The second-order valence-electron chi connectivity index (χ2n) is 3.12. The van der Waals surface area contributed by atoms with Gasteiger partial charge in [0.05, 0.1) is 0 Å². The molecule has 2 N–H and O–H groups in total. The molecule has 0 bridgehead atoms. The molecule has 0 unspecified atom stereocenters. The van der Waals surface area contributed by atoms with E-state index in [0.29, 0.717) is 5.75 Å².